The number of benzene rings is 1. The number of thiocarbonyl (C=S) groups is 1. The molecule has 0 unspecified atom stereocenters. The number of rotatable bonds is 7. The third-order valence-corrected chi connectivity index (χ3v) is 4.34. The van der Waals surface area contributed by atoms with E-state index < -0.39 is 22.6 Å². The van der Waals surface area contributed by atoms with Gasteiger partial charge in [-0.2, -0.15) is 13.2 Å². The second-order valence-corrected chi connectivity index (χ2v) is 6.57. The van der Waals surface area contributed by atoms with Gasteiger partial charge in [-0.05, 0) is 25.0 Å². The first kappa shape index (κ1) is 17.9. The molecule has 0 aromatic heterocycles. The monoisotopic (exact) mass is 340 g/mol. The van der Waals surface area contributed by atoms with Crippen molar-refractivity contribution in [3.8, 4) is 0 Å². The second kappa shape index (κ2) is 7.19. The van der Waals surface area contributed by atoms with E-state index in [2.05, 4.69) is 4.72 Å². The Hall–Kier alpha value is -1.19. The molecule has 0 aliphatic carbocycles. The van der Waals surface area contributed by atoms with Crippen LogP contribution < -0.4 is 10.5 Å². The van der Waals surface area contributed by atoms with E-state index in [1.165, 1.54) is 24.3 Å². The first-order valence-corrected chi connectivity index (χ1v) is 7.97. The van der Waals surface area contributed by atoms with Crippen LogP contribution >= 0.6 is 12.2 Å². The fourth-order valence-electron chi connectivity index (χ4n) is 1.54. The van der Waals surface area contributed by atoms with Crippen molar-refractivity contribution in [3.63, 3.8) is 0 Å². The molecule has 4 nitrogen and oxygen atoms in total. The van der Waals surface area contributed by atoms with Gasteiger partial charge in [-0.25, -0.2) is 13.1 Å². The number of sulfonamides is 1. The molecular weight excluding hydrogens is 325 g/mol. The van der Waals surface area contributed by atoms with Crippen LogP contribution in [0.4, 0.5) is 13.2 Å². The molecule has 0 spiro atoms. The molecule has 0 bridgehead atoms. The van der Waals surface area contributed by atoms with Crippen LogP contribution in [0.25, 0.3) is 0 Å². The second-order valence-electron chi connectivity index (χ2n) is 4.36. The average molecular weight is 340 g/mol. The Balaban J connectivity index is 2.52. The highest BCUT2D eigenvalue weighted by molar-refractivity contribution is 7.89. The van der Waals surface area contributed by atoms with Crippen molar-refractivity contribution in [3.05, 3.63) is 29.8 Å². The highest BCUT2D eigenvalue weighted by atomic mass is 32.2. The molecule has 118 valence electrons. The van der Waals surface area contributed by atoms with Crippen LogP contribution in [-0.2, 0) is 10.0 Å². The van der Waals surface area contributed by atoms with E-state index in [-0.39, 0.29) is 29.3 Å². The highest BCUT2D eigenvalue weighted by Gasteiger charge is 2.25. The molecule has 1 aromatic carbocycles. The van der Waals surface area contributed by atoms with Crippen LogP contribution in [0.5, 0.6) is 0 Å². The lowest BCUT2D eigenvalue weighted by Gasteiger charge is -2.08. The van der Waals surface area contributed by atoms with Crippen LogP contribution in [0.1, 0.15) is 24.8 Å². The minimum absolute atomic E-state index is 0.0123. The van der Waals surface area contributed by atoms with E-state index in [4.69, 9.17) is 18.0 Å². The maximum atomic E-state index is 11.9. The lowest BCUT2D eigenvalue weighted by atomic mass is 10.2. The molecule has 0 aliphatic rings. The summed E-state index contributed by atoms with van der Waals surface area (Å²) in [7, 11) is -3.73. The average Bonchev–Trinajstić information content (AvgIpc) is 2.37. The molecule has 0 radical (unpaired) electrons. The Morgan fingerprint density at radius 2 is 1.76 bits per heavy atom. The van der Waals surface area contributed by atoms with E-state index >= 15 is 0 Å². The highest BCUT2D eigenvalue weighted by Crippen LogP contribution is 2.22. The Morgan fingerprint density at radius 3 is 2.24 bits per heavy atom. The smallest absolute Gasteiger partial charge is 0.389 e. The first-order valence-electron chi connectivity index (χ1n) is 6.08. The van der Waals surface area contributed by atoms with Crippen LogP contribution in [0.3, 0.4) is 0 Å². The van der Waals surface area contributed by atoms with Gasteiger partial charge in [0.15, 0.2) is 0 Å². The van der Waals surface area contributed by atoms with Crippen LogP contribution in [0.2, 0.25) is 0 Å². The summed E-state index contributed by atoms with van der Waals surface area (Å²) >= 11 is 4.75. The van der Waals surface area contributed by atoms with Gasteiger partial charge in [0.1, 0.15) is 4.99 Å². The molecule has 9 heteroatoms. The van der Waals surface area contributed by atoms with Gasteiger partial charge >= 0.3 is 6.18 Å². The van der Waals surface area contributed by atoms with Gasteiger partial charge in [-0.15, -0.1) is 0 Å². The molecule has 0 fully saturated rings. The summed E-state index contributed by atoms with van der Waals surface area (Å²) in [5, 5.41) is 0. The maximum absolute atomic E-state index is 11.9. The van der Waals surface area contributed by atoms with E-state index in [0.29, 0.717) is 5.56 Å². The van der Waals surface area contributed by atoms with Crippen molar-refractivity contribution < 1.29 is 21.6 Å². The Labute approximate surface area is 126 Å². The molecule has 3 N–H and O–H groups in total. The molecule has 0 atom stereocenters. The minimum Gasteiger partial charge on any atom is -0.389 e. The minimum atomic E-state index is -4.21. The molecule has 1 rings (SSSR count). The number of nitrogens with one attached hydrogen (secondary N) is 1. The quantitative estimate of drug-likeness (QED) is 0.590. The van der Waals surface area contributed by atoms with E-state index in [9.17, 15) is 21.6 Å². The van der Waals surface area contributed by atoms with Crippen molar-refractivity contribution in [2.75, 3.05) is 6.54 Å². The van der Waals surface area contributed by atoms with Gasteiger partial charge in [0.25, 0.3) is 0 Å². The first-order chi connectivity index (χ1) is 9.62. The van der Waals surface area contributed by atoms with Gasteiger partial charge in [0.05, 0.1) is 4.90 Å². The Morgan fingerprint density at radius 1 is 1.19 bits per heavy atom. The number of hydrogen-bond acceptors (Lipinski definition) is 3. The summed E-state index contributed by atoms with van der Waals surface area (Å²) < 4.78 is 61.8. The summed E-state index contributed by atoms with van der Waals surface area (Å²) in [4.78, 5) is 0.164. The molecule has 1 aromatic rings. The normalized spacial score (nSPS) is 12.3. The van der Waals surface area contributed by atoms with Crippen LogP contribution in [-0.4, -0.2) is 26.1 Å². The molecule has 21 heavy (non-hydrogen) atoms. The third-order valence-electron chi connectivity index (χ3n) is 2.63. The number of hydrogen-bond donors (Lipinski definition) is 2. The predicted molar refractivity (Wildman–Crippen MR) is 77.4 cm³/mol. The number of unbranched alkanes of at least 4 members (excludes halogenated alkanes) is 1. The predicted octanol–water partition coefficient (Wildman–Crippen LogP) is 2.33. The zero-order valence-electron chi connectivity index (χ0n) is 11.0. The Bertz CT molecular complexity index is 584. The summed E-state index contributed by atoms with van der Waals surface area (Å²) in [6, 6.07) is 5.63. The fourth-order valence-corrected chi connectivity index (χ4v) is 2.75. The van der Waals surface area contributed by atoms with Gasteiger partial charge < -0.3 is 5.73 Å². The molecular formula is C12H15F3N2O2S2. The maximum Gasteiger partial charge on any atom is 0.389 e. The number of halogens is 3. The van der Waals surface area contributed by atoms with E-state index in [0.717, 1.165) is 0 Å². The molecule has 0 saturated heterocycles. The molecule has 0 saturated carbocycles. The lowest BCUT2D eigenvalue weighted by molar-refractivity contribution is -0.135. The van der Waals surface area contributed by atoms with Crippen molar-refractivity contribution in [2.45, 2.75) is 30.3 Å². The molecule has 0 aliphatic heterocycles. The zero-order chi connectivity index (χ0) is 16.1. The van der Waals surface area contributed by atoms with Gasteiger partial charge in [-0.1, -0.05) is 24.4 Å². The van der Waals surface area contributed by atoms with Crippen LogP contribution in [0, 0.1) is 0 Å². The largest absolute Gasteiger partial charge is 0.389 e. The van der Waals surface area contributed by atoms with Crippen molar-refractivity contribution in [1.82, 2.24) is 4.72 Å². The summed E-state index contributed by atoms with van der Waals surface area (Å²) in [6.07, 6.45) is -5.14. The van der Waals surface area contributed by atoms with Crippen molar-refractivity contribution in [2.24, 2.45) is 5.73 Å². The van der Waals surface area contributed by atoms with E-state index in [1.54, 1.807) is 0 Å². The standard InChI is InChI=1S/C12H15F3N2O2S2/c13-12(14,15)7-1-2-8-17-21(18,19)10-5-3-9(4-6-10)11(16)20/h3-6,17H,1-2,7-8H2,(H2,16,20). The van der Waals surface area contributed by atoms with E-state index in [1.807, 2.05) is 0 Å². The fraction of sp³-hybridized carbons (Fsp3) is 0.417. The van der Waals surface area contributed by atoms with Crippen molar-refractivity contribution >= 4 is 27.2 Å². The SMILES string of the molecule is NC(=S)c1ccc(S(=O)(=O)NCCCCC(F)(F)F)cc1. The van der Waals surface area contributed by atoms with Gasteiger partial charge in [0.2, 0.25) is 10.0 Å². The molecule has 0 heterocycles. The van der Waals surface area contributed by atoms with Crippen LogP contribution in [0.15, 0.2) is 29.2 Å². The lowest BCUT2D eigenvalue weighted by Crippen LogP contribution is -2.25. The number of alkyl halides is 3. The Kier molecular flexibility index (Phi) is 6.11. The summed E-state index contributed by atoms with van der Waals surface area (Å²) in [5.74, 6) is 0. The van der Waals surface area contributed by atoms with Crippen molar-refractivity contribution in [1.29, 1.82) is 0 Å². The zero-order valence-corrected chi connectivity index (χ0v) is 12.6. The topological polar surface area (TPSA) is 72.2 Å². The summed E-state index contributed by atoms with van der Waals surface area (Å²) in [5.41, 5.74) is 5.93. The van der Waals surface area contributed by atoms with Gasteiger partial charge in [0, 0.05) is 18.5 Å². The number of nitrogens with two attached hydrogens (primary N) is 1. The third kappa shape index (κ3) is 6.40. The summed E-state index contributed by atoms with van der Waals surface area (Å²) in [6.45, 7) is -0.0462. The molecule has 0 amide bonds. The van der Waals surface area contributed by atoms with Gasteiger partial charge in [-0.3, -0.25) is 0 Å².